The molecule has 1 aliphatic rings. The molecule has 28 heavy (non-hydrogen) atoms. The van der Waals surface area contributed by atoms with Gasteiger partial charge in [0.25, 0.3) is 10.2 Å². The van der Waals surface area contributed by atoms with Gasteiger partial charge in [-0.2, -0.15) is 12.7 Å². The molecule has 2 aromatic rings. The lowest BCUT2D eigenvalue weighted by Gasteiger charge is -2.13. The minimum atomic E-state index is -3.44. The number of anilines is 1. The molecule has 11 nitrogen and oxygen atoms in total. The minimum absolute atomic E-state index is 0.0569. The molecule has 0 radical (unpaired) electrons. The summed E-state index contributed by atoms with van der Waals surface area (Å²) in [5.74, 6) is -0.455. The lowest BCUT2D eigenvalue weighted by Crippen LogP contribution is -2.33. The molecule has 0 saturated carbocycles. The Balaban J connectivity index is 1.75. The van der Waals surface area contributed by atoms with Crippen molar-refractivity contribution in [3.63, 3.8) is 0 Å². The van der Waals surface area contributed by atoms with Crippen molar-refractivity contribution in [2.45, 2.75) is 0 Å². The molecular weight excluding hydrogens is 529 g/mol. The second-order valence-corrected chi connectivity index (χ2v) is 8.95. The molecule has 15 heteroatoms. The van der Waals surface area contributed by atoms with Crippen LogP contribution in [-0.2, 0) is 10.2 Å². The highest BCUT2D eigenvalue weighted by Gasteiger charge is 2.27. The van der Waals surface area contributed by atoms with Crippen LogP contribution in [0.15, 0.2) is 30.7 Å². The van der Waals surface area contributed by atoms with Gasteiger partial charge in [-0.05, 0) is 54.3 Å². The first-order valence-corrected chi connectivity index (χ1v) is 10.8. The predicted molar refractivity (Wildman–Crippen MR) is 104 cm³/mol. The fraction of sp³-hybridized carbons (Fsp3) is 0.308. The van der Waals surface area contributed by atoms with Gasteiger partial charge >= 0.3 is 0 Å². The second-order valence-electron chi connectivity index (χ2n) is 5.48. The van der Waals surface area contributed by atoms with Gasteiger partial charge in [0, 0.05) is 26.2 Å². The first-order chi connectivity index (χ1) is 13.3. The van der Waals surface area contributed by atoms with Crippen molar-refractivity contribution in [3.8, 4) is 0 Å². The Morgan fingerprint density at radius 1 is 1.39 bits per heavy atom. The summed E-state index contributed by atoms with van der Waals surface area (Å²) < 4.78 is 45.8. The largest absolute Gasteiger partial charge is 0.364 e. The van der Waals surface area contributed by atoms with Crippen LogP contribution >= 0.6 is 31.9 Å². The molecule has 1 aromatic heterocycles. The van der Waals surface area contributed by atoms with E-state index in [4.69, 9.17) is 0 Å². The molecule has 152 valence electrons. The maximum Gasteiger partial charge on any atom is 0.279 e. The quantitative estimate of drug-likeness (QED) is 0.185. The number of hydrogen-bond acceptors (Lipinski definition) is 8. The third kappa shape index (κ3) is 4.66. The van der Waals surface area contributed by atoms with E-state index in [-0.39, 0.29) is 39.4 Å². The lowest BCUT2D eigenvalue weighted by atomic mass is 10.3. The zero-order valence-electron chi connectivity index (χ0n) is 14.0. The molecular formula is C13H14Br2FN7O4S. The zero-order chi connectivity index (χ0) is 20.3. The van der Waals surface area contributed by atoms with E-state index in [0.717, 1.165) is 0 Å². The molecule has 0 unspecified atom stereocenters. The normalized spacial score (nSPS) is 17.1. The molecule has 1 saturated heterocycles. The lowest BCUT2D eigenvalue weighted by molar-refractivity contribution is 0.234. The van der Waals surface area contributed by atoms with Crippen LogP contribution in [0.25, 0.3) is 0 Å². The van der Waals surface area contributed by atoms with E-state index in [2.05, 4.69) is 61.8 Å². The summed E-state index contributed by atoms with van der Waals surface area (Å²) in [5, 5.41) is 19.7. The topological polar surface area (TPSA) is 145 Å². The number of aliphatic imine (C=N–C) groups is 1. The Bertz CT molecular complexity index is 978. The highest BCUT2D eigenvalue weighted by Crippen LogP contribution is 2.30. The Hall–Kier alpha value is -1.65. The van der Waals surface area contributed by atoms with E-state index >= 15 is 0 Å². The van der Waals surface area contributed by atoms with Crippen molar-refractivity contribution < 1.29 is 22.6 Å². The number of nitrogens with one attached hydrogen (secondary N) is 3. The number of nitrogens with zero attached hydrogens (tertiary/aromatic N) is 4. The first-order valence-electron chi connectivity index (χ1n) is 7.76. The number of rotatable bonds is 6. The van der Waals surface area contributed by atoms with E-state index in [1.165, 1.54) is 16.4 Å². The number of halogens is 3. The van der Waals surface area contributed by atoms with Crippen LogP contribution < -0.4 is 15.5 Å². The van der Waals surface area contributed by atoms with Crippen molar-refractivity contribution in [2.75, 3.05) is 31.5 Å². The fourth-order valence-corrected chi connectivity index (χ4v) is 4.73. The van der Waals surface area contributed by atoms with Gasteiger partial charge in [-0.1, -0.05) is 0 Å². The summed E-state index contributed by atoms with van der Waals surface area (Å²) in [5.41, 5.74) is 2.26. The van der Waals surface area contributed by atoms with Crippen LogP contribution in [0, 0.1) is 5.82 Å². The molecule has 2 heterocycles. The van der Waals surface area contributed by atoms with E-state index in [1.807, 2.05) is 5.48 Å². The van der Waals surface area contributed by atoms with Gasteiger partial charge in [0.2, 0.25) is 5.82 Å². The third-order valence-corrected chi connectivity index (χ3v) is 6.44. The van der Waals surface area contributed by atoms with Gasteiger partial charge in [0.15, 0.2) is 17.3 Å². The number of hydroxylamine groups is 1. The minimum Gasteiger partial charge on any atom is -0.364 e. The third-order valence-electron chi connectivity index (χ3n) is 3.67. The Morgan fingerprint density at radius 3 is 2.71 bits per heavy atom. The maximum atomic E-state index is 13.7. The van der Waals surface area contributed by atoms with Gasteiger partial charge in [-0.15, -0.1) is 0 Å². The molecule has 1 aromatic carbocycles. The van der Waals surface area contributed by atoms with Gasteiger partial charge in [-0.25, -0.2) is 18.7 Å². The number of amidine groups is 1. The second kappa shape index (κ2) is 8.79. The molecule has 4 N–H and O–H groups in total. The molecule has 0 atom stereocenters. The molecule has 0 bridgehead atoms. The van der Waals surface area contributed by atoms with Crippen molar-refractivity contribution in [1.29, 1.82) is 0 Å². The Kier molecular flexibility index (Phi) is 6.61. The molecule has 0 aliphatic carbocycles. The SMILES string of the molecule is O=S1(=O)NCCN1CCNc1nonc1C(=Nc1cc(Br)c(F)c(Br)c1)NO. The standard InChI is InChI=1S/C13H14Br2FN7O4S/c14-8-5-7(6-9(15)10(8)16)19-13(20-24)11-12(22-27-21-11)17-1-3-23-4-2-18-28(23,25)26/h5-6,18,24H,1-4H2,(H,17,22)(H,19,20). The fourth-order valence-electron chi connectivity index (χ4n) is 2.37. The van der Waals surface area contributed by atoms with Gasteiger partial charge < -0.3 is 5.32 Å². The van der Waals surface area contributed by atoms with Gasteiger partial charge in [0.1, 0.15) is 0 Å². The van der Waals surface area contributed by atoms with E-state index in [0.29, 0.717) is 18.8 Å². The van der Waals surface area contributed by atoms with Crippen molar-refractivity contribution in [2.24, 2.45) is 4.99 Å². The number of hydrogen-bond donors (Lipinski definition) is 4. The van der Waals surface area contributed by atoms with Crippen LogP contribution in [0.2, 0.25) is 0 Å². The summed E-state index contributed by atoms with van der Waals surface area (Å²) in [6.07, 6.45) is 0. The molecule has 0 spiro atoms. The van der Waals surface area contributed by atoms with Crippen molar-refractivity contribution in [1.82, 2.24) is 24.8 Å². The smallest absolute Gasteiger partial charge is 0.279 e. The first kappa shape index (κ1) is 21.1. The predicted octanol–water partition coefficient (Wildman–Crippen LogP) is 1.35. The Morgan fingerprint density at radius 2 is 2.11 bits per heavy atom. The van der Waals surface area contributed by atoms with Crippen molar-refractivity contribution in [3.05, 3.63) is 32.6 Å². The van der Waals surface area contributed by atoms with Crippen molar-refractivity contribution >= 4 is 59.4 Å². The summed E-state index contributed by atoms with van der Waals surface area (Å²) in [6.45, 7) is 1.13. The van der Waals surface area contributed by atoms with Crippen LogP contribution in [-0.4, -0.2) is 60.3 Å². The van der Waals surface area contributed by atoms with E-state index in [1.54, 1.807) is 0 Å². The van der Waals surface area contributed by atoms with Crippen LogP contribution in [0.1, 0.15) is 5.69 Å². The summed E-state index contributed by atoms with van der Waals surface area (Å²) in [4.78, 5) is 4.16. The average molecular weight is 543 g/mol. The van der Waals surface area contributed by atoms with Gasteiger partial charge in [-0.3, -0.25) is 10.7 Å². The van der Waals surface area contributed by atoms with Crippen LogP contribution in [0.4, 0.5) is 15.9 Å². The monoisotopic (exact) mass is 541 g/mol. The van der Waals surface area contributed by atoms with Crippen LogP contribution in [0.3, 0.4) is 0 Å². The number of benzene rings is 1. The molecule has 3 rings (SSSR count). The summed E-state index contributed by atoms with van der Waals surface area (Å²) >= 11 is 6.15. The maximum absolute atomic E-state index is 13.7. The summed E-state index contributed by atoms with van der Waals surface area (Å²) in [7, 11) is -3.44. The molecule has 1 fully saturated rings. The Labute approximate surface area is 175 Å². The molecule has 0 amide bonds. The zero-order valence-corrected chi connectivity index (χ0v) is 18.0. The highest BCUT2D eigenvalue weighted by atomic mass is 79.9. The van der Waals surface area contributed by atoms with Crippen LogP contribution in [0.5, 0.6) is 0 Å². The highest BCUT2D eigenvalue weighted by molar-refractivity contribution is 9.11. The number of aromatic nitrogens is 2. The molecule has 1 aliphatic heterocycles. The van der Waals surface area contributed by atoms with E-state index in [9.17, 15) is 18.0 Å². The van der Waals surface area contributed by atoms with Gasteiger partial charge in [0.05, 0.1) is 14.6 Å². The van der Waals surface area contributed by atoms with E-state index < -0.39 is 16.0 Å². The summed E-state index contributed by atoms with van der Waals surface area (Å²) in [6, 6.07) is 2.81. The average Bonchev–Trinajstić information content (AvgIpc) is 3.24.